The van der Waals surface area contributed by atoms with E-state index in [1.165, 1.54) is 12.1 Å². The Hall–Kier alpha value is -1.18. The molecule has 0 spiro atoms. The lowest BCUT2D eigenvalue weighted by Gasteiger charge is -2.07. The first-order chi connectivity index (χ1) is 7.45. The number of rotatable bonds is 5. The molecule has 90 valence electrons. The SMILES string of the molecule is NCCCOc1ccc(S(N)(=O)=O)cc1F. The molecule has 0 aliphatic rings. The molecule has 4 N–H and O–H groups in total. The molecule has 0 heterocycles. The minimum atomic E-state index is -3.88. The van der Waals surface area contributed by atoms with E-state index in [1.54, 1.807) is 0 Å². The molecular formula is C9H13FN2O3S. The first-order valence-corrected chi connectivity index (χ1v) is 6.15. The maximum absolute atomic E-state index is 13.3. The predicted molar refractivity (Wildman–Crippen MR) is 56.9 cm³/mol. The number of ether oxygens (including phenoxy) is 1. The van der Waals surface area contributed by atoms with E-state index >= 15 is 0 Å². The van der Waals surface area contributed by atoms with Gasteiger partial charge in [0.1, 0.15) is 0 Å². The van der Waals surface area contributed by atoms with Gasteiger partial charge in [0.2, 0.25) is 10.0 Å². The molecule has 0 fully saturated rings. The maximum Gasteiger partial charge on any atom is 0.238 e. The van der Waals surface area contributed by atoms with E-state index in [9.17, 15) is 12.8 Å². The third kappa shape index (κ3) is 3.44. The first-order valence-electron chi connectivity index (χ1n) is 4.60. The normalized spacial score (nSPS) is 11.4. The van der Waals surface area contributed by atoms with Crippen molar-refractivity contribution in [2.45, 2.75) is 11.3 Å². The van der Waals surface area contributed by atoms with Gasteiger partial charge in [-0.1, -0.05) is 0 Å². The molecule has 1 aromatic rings. The lowest BCUT2D eigenvalue weighted by molar-refractivity contribution is 0.297. The zero-order chi connectivity index (χ0) is 12.2. The molecule has 5 nitrogen and oxygen atoms in total. The van der Waals surface area contributed by atoms with Gasteiger partial charge < -0.3 is 10.5 Å². The summed E-state index contributed by atoms with van der Waals surface area (Å²) in [6.07, 6.45) is 0.594. The summed E-state index contributed by atoms with van der Waals surface area (Å²) in [5.41, 5.74) is 5.24. The summed E-state index contributed by atoms with van der Waals surface area (Å²) in [5.74, 6) is -0.774. The van der Waals surface area contributed by atoms with E-state index in [0.29, 0.717) is 13.0 Å². The molecule has 0 saturated carbocycles. The van der Waals surface area contributed by atoms with E-state index in [2.05, 4.69) is 0 Å². The Balaban J connectivity index is 2.84. The van der Waals surface area contributed by atoms with E-state index < -0.39 is 15.8 Å². The van der Waals surface area contributed by atoms with Crippen molar-refractivity contribution in [1.29, 1.82) is 0 Å². The number of nitrogens with two attached hydrogens (primary N) is 2. The molecule has 0 aliphatic heterocycles. The molecule has 0 aromatic heterocycles. The summed E-state index contributed by atoms with van der Waals surface area (Å²) < 4.78 is 40.2. The monoisotopic (exact) mass is 248 g/mol. The fourth-order valence-corrected chi connectivity index (χ4v) is 1.57. The summed E-state index contributed by atoms with van der Waals surface area (Å²) in [6, 6.07) is 3.24. The van der Waals surface area contributed by atoms with Gasteiger partial charge in [0.05, 0.1) is 11.5 Å². The van der Waals surface area contributed by atoms with Crippen LogP contribution in [0.1, 0.15) is 6.42 Å². The van der Waals surface area contributed by atoms with Crippen LogP contribution in [0.15, 0.2) is 23.1 Å². The van der Waals surface area contributed by atoms with Crippen molar-refractivity contribution >= 4 is 10.0 Å². The van der Waals surface area contributed by atoms with Crippen LogP contribution in [0.4, 0.5) is 4.39 Å². The highest BCUT2D eigenvalue weighted by Crippen LogP contribution is 2.20. The van der Waals surface area contributed by atoms with E-state index in [1.807, 2.05) is 0 Å². The minimum Gasteiger partial charge on any atom is -0.490 e. The lowest BCUT2D eigenvalue weighted by Crippen LogP contribution is -2.12. The molecule has 1 rings (SSSR count). The van der Waals surface area contributed by atoms with Crippen LogP contribution in [0.2, 0.25) is 0 Å². The van der Waals surface area contributed by atoms with Gasteiger partial charge in [-0.2, -0.15) is 0 Å². The largest absolute Gasteiger partial charge is 0.490 e. The molecule has 0 radical (unpaired) electrons. The summed E-state index contributed by atoms with van der Waals surface area (Å²) in [4.78, 5) is -0.281. The van der Waals surface area contributed by atoms with Crippen LogP contribution >= 0.6 is 0 Å². The molecule has 7 heteroatoms. The van der Waals surface area contributed by atoms with Crippen LogP contribution in [-0.4, -0.2) is 21.6 Å². The standard InChI is InChI=1S/C9H13FN2O3S/c10-8-6-7(16(12,13)14)2-3-9(8)15-5-1-4-11/h2-3,6H,1,4-5,11H2,(H2,12,13,14). The predicted octanol–water partition coefficient (Wildman–Crippen LogP) is 0.201. The van der Waals surface area contributed by atoms with Gasteiger partial charge in [-0.3, -0.25) is 0 Å². The second-order valence-electron chi connectivity index (χ2n) is 3.13. The van der Waals surface area contributed by atoms with Gasteiger partial charge >= 0.3 is 0 Å². The molecule has 0 bridgehead atoms. The second-order valence-corrected chi connectivity index (χ2v) is 4.69. The Bertz CT molecular complexity index is 462. The molecule has 1 aromatic carbocycles. The van der Waals surface area contributed by atoms with Crippen molar-refractivity contribution in [3.63, 3.8) is 0 Å². The Morgan fingerprint density at radius 1 is 1.38 bits per heavy atom. The summed E-state index contributed by atoms with van der Waals surface area (Å²) in [5, 5.41) is 4.85. The molecule has 0 unspecified atom stereocenters. The molecule has 16 heavy (non-hydrogen) atoms. The van der Waals surface area contributed by atoms with E-state index in [-0.39, 0.29) is 17.3 Å². The van der Waals surface area contributed by atoms with E-state index in [4.69, 9.17) is 15.6 Å². The average molecular weight is 248 g/mol. The van der Waals surface area contributed by atoms with Gasteiger partial charge in [0.25, 0.3) is 0 Å². The van der Waals surface area contributed by atoms with Crippen molar-refractivity contribution in [2.24, 2.45) is 10.9 Å². The summed E-state index contributed by atoms with van der Waals surface area (Å²) in [7, 11) is -3.88. The highest BCUT2D eigenvalue weighted by Gasteiger charge is 2.11. The summed E-state index contributed by atoms with van der Waals surface area (Å²) in [6.45, 7) is 0.721. The molecule has 0 aliphatic carbocycles. The van der Waals surface area contributed by atoms with Crippen molar-refractivity contribution in [3.8, 4) is 5.75 Å². The fraction of sp³-hybridized carbons (Fsp3) is 0.333. The van der Waals surface area contributed by atoms with Crippen molar-refractivity contribution in [2.75, 3.05) is 13.2 Å². The maximum atomic E-state index is 13.3. The first kappa shape index (κ1) is 12.9. The number of hydrogen-bond acceptors (Lipinski definition) is 4. The number of primary sulfonamides is 1. The van der Waals surface area contributed by atoms with Crippen LogP contribution in [0, 0.1) is 5.82 Å². The Kier molecular flexibility index (Phi) is 4.22. The van der Waals surface area contributed by atoms with Crippen molar-refractivity contribution < 1.29 is 17.5 Å². The van der Waals surface area contributed by atoms with Crippen molar-refractivity contribution in [3.05, 3.63) is 24.0 Å². The van der Waals surface area contributed by atoms with Gasteiger partial charge in [0.15, 0.2) is 11.6 Å². The molecular weight excluding hydrogens is 235 g/mol. The quantitative estimate of drug-likeness (QED) is 0.728. The Morgan fingerprint density at radius 2 is 2.06 bits per heavy atom. The van der Waals surface area contributed by atoms with E-state index in [0.717, 1.165) is 6.07 Å². The van der Waals surface area contributed by atoms with Crippen LogP contribution in [0.25, 0.3) is 0 Å². The van der Waals surface area contributed by atoms with Crippen LogP contribution in [0.5, 0.6) is 5.75 Å². The number of sulfonamides is 1. The Morgan fingerprint density at radius 3 is 2.56 bits per heavy atom. The number of halogens is 1. The Labute approximate surface area is 93.2 Å². The highest BCUT2D eigenvalue weighted by atomic mass is 32.2. The van der Waals surface area contributed by atoms with Gasteiger partial charge in [-0.25, -0.2) is 17.9 Å². The molecule has 0 atom stereocenters. The van der Waals surface area contributed by atoms with Gasteiger partial charge in [-0.15, -0.1) is 0 Å². The fourth-order valence-electron chi connectivity index (χ4n) is 1.04. The average Bonchev–Trinajstić information content (AvgIpc) is 2.19. The third-order valence-corrected chi connectivity index (χ3v) is 2.75. The van der Waals surface area contributed by atoms with Crippen LogP contribution in [-0.2, 0) is 10.0 Å². The summed E-state index contributed by atoms with van der Waals surface area (Å²) >= 11 is 0. The van der Waals surface area contributed by atoms with Crippen molar-refractivity contribution in [1.82, 2.24) is 0 Å². The zero-order valence-corrected chi connectivity index (χ0v) is 9.34. The second kappa shape index (κ2) is 5.24. The topological polar surface area (TPSA) is 95.4 Å². The zero-order valence-electron chi connectivity index (χ0n) is 8.52. The van der Waals surface area contributed by atoms with Crippen LogP contribution in [0.3, 0.4) is 0 Å². The number of hydrogen-bond donors (Lipinski definition) is 2. The smallest absolute Gasteiger partial charge is 0.238 e. The molecule has 0 amide bonds. The highest BCUT2D eigenvalue weighted by molar-refractivity contribution is 7.89. The minimum absolute atomic E-state index is 0.0131. The van der Waals surface area contributed by atoms with Gasteiger partial charge in [0, 0.05) is 0 Å². The van der Waals surface area contributed by atoms with Crippen LogP contribution < -0.4 is 15.6 Å². The van der Waals surface area contributed by atoms with Gasteiger partial charge in [-0.05, 0) is 31.2 Å². The lowest BCUT2D eigenvalue weighted by atomic mass is 10.3. The number of benzene rings is 1. The molecule has 0 saturated heterocycles. The third-order valence-electron chi connectivity index (χ3n) is 1.84.